The highest BCUT2D eigenvalue weighted by atomic mass is 16.8. The molecule has 0 unspecified atom stereocenters. The van der Waals surface area contributed by atoms with Gasteiger partial charge in [0.15, 0.2) is 6.54 Å². The molecule has 3 heteroatoms. The van der Waals surface area contributed by atoms with Gasteiger partial charge in [0, 0.05) is 5.56 Å². The first-order valence-corrected chi connectivity index (χ1v) is 4.61. The van der Waals surface area contributed by atoms with E-state index in [4.69, 9.17) is 0 Å². The van der Waals surface area contributed by atoms with E-state index < -0.39 is 4.81 Å². The lowest BCUT2D eigenvalue weighted by Crippen LogP contribution is -2.39. The number of nitrogens with zero attached hydrogens (tertiary/aromatic N) is 1. The largest absolute Gasteiger partial charge is 0.182 e. The predicted octanol–water partition coefficient (Wildman–Crippen LogP) is 2.44. The van der Waals surface area contributed by atoms with Crippen LogP contribution in [0.25, 0.3) is 6.08 Å². The van der Waals surface area contributed by atoms with Gasteiger partial charge >= 0.3 is 0 Å². The number of hydroxylamine groups is 4. The zero-order chi connectivity index (χ0) is 10.6. The van der Waals surface area contributed by atoms with Gasteiger partial charge in [0.1, 0.15) is 6.54 Å². The van der Waals surface area contributed by atoms with Gasteiger partial charge in [-0.1, -0.05) is 36.9 Å². The van der Waals surface area contributed by atoms with Crippen molar-refractivity contribution in [2.24, 2.45) is 0 Å². The first kappa shape index (κ1) is 10.9. The maximum Gasteiger partial charge on any atom is 0.167 e. The van der Waals surface area contributed by atoms with E-state index in [0.29, 0.717) is 0 Å². The van der Waals surface area contributed by atoms with Gasteiger partial charge in [-0.05, 0) is 17.3 Å². The summed E-state index contributed by atoms with van der Waals surface area (Å²) in [5.74, 6) is 0. The molecule has 2 N–H and O–H groups in total. The van der Waals surface area contributed by atoms with E-state index in [1.807, 2.05) is 24.3 Å². The Hall–Kier alpha value is -1.16. The first-order valence-electron chi connectivity index (χ1n) is 4.61. The lowest BCUT2D eigenvalue weighted by molar-refractivity contribution is -1.25. The zero-order valence-corrected chi connectivity index (χ0v) is 8.35. The Morgan fingerprint density at radius 1 is 1.29 bits per heavy atom. The Bertz CT molecular complexity index is 304. The Morgan fingerprint density at radius 3 is 2.29 bits per heavy atom. The summed E-state index contributed by atoms with van der Waals surface area (Å²) in [5, 5.41) is 18.8. The third kappa shape index (κ3) is 2.96. The Kier molecular flexibility index (Phi) is 3.41. The van der Waals surface area contributed by atoms with E-state index in [1.165, 1.54) is 0 Å². The van der Waals surface area contributed by atoms with Crippen LogP contribution >= 0.6 is 0 Å². The van der Waals surface area contributed by atoms with Gasteiger partial charge in [0.2, 0.25) is 0 Å². The highest BCUT2D eigenvalue weighted by molar-refractivity contribution is 5.47. The monoisotopic (exact) mass is 194 g/mol. The van der Waals surface area contributed by atoms with Crippen molar-refractivity contribution in [3.05, 3.63) is 42.0 Å². The molecule has 0 fully saturated rings. The average Bonchev–Trinajstić information content (AvgIpc) is 2.19. The van der Waals surface area contributed by atoms with Gasteiger partial charge in [0.25, 0.3) is 0 Å². The molecule has 0 heterocycles. The van der Waals surface area contributed by atoms with E-state index in [-0.39, 0.29) is 13.1 Å². The summed E-state index contributed by atoms with van der Waals surface area (Å²) in [6, 6.07) is 7.54. The maximum absolute atomic E-state index is 9.38. The van der Waals surface area contributed by atoms with Gasteiger partial charge in [-0.25, -0.2) is 0 Å². The molecule has 14 heavy (non-hydrogen) atoms. The number of hydrogen-bond donors (Lipinski definition) is 2. The number of rotatable bonds is 4. The van der Waals surface area contributed by atoms with E-state index in [9.17, 15) is 10.4 Å². The van der Waals surface area contributed by atoms with E-state index >= 15 is 0 Å². The van der Waals surface area contributed by atoms with Crippen molar-refractivity contribution in [1.29, 1.82) is 0 Å². The fourth-order valence-corrected chi connectivity index (χ4v) is 1.16. The van der Waals surface area contributed by atoms with Crippen LogP contribution < -0.4 is 0 Å². The van der Waals surface area contributed by atoms with Crippen molar-refractivity contribution >= 4 is 6.08 Å². The summed E-state index contributed by atoms with van der Waals surface area (Å²) in [7, 11) is 0. The second-order valence-corrected chi connectivity index (χ2v) is 3.30. The van der Waals surface area contributed by atoms with Crippen LogP contribution in [0.3, 0.4) is 0 Å². The molecule has 0 radical (unpaired) electrons. The SMILES string of the molecule is C=Cc1ccc(C[N+](O)(O)CC)cc1. The van der Waals surface area contributed by atoms with Gasteiger partial charge in [-0.15, -0.1) is 0 Å². The Balaban J connectivity index is 2.73. The first-order chi connectivity index (χ1) is 6.57. The summed E-state index contributed by atoms with van der Waals surface area (Å²) in [4.78, 5) is -0.965. The normalized spacial score (nSPS) is 11.4. The lowest BCUT2D eigenvalue weighted by Gasteiger charge is -2.19. The van der Waals surface area contributed by atoms with Crippen LogP contribution in [-0.4, -0.2) is 21.8 Å². The molecule has 0 saturated heterocycles. The van der Waals surface area contributed by atoms with E-state index in [2.05, 4.69) is 6.58 Å². The fourth-order valence-electron chi connectivity index (χ4n) is 1.16. The van der Waals surface area contributed by atoms with Crippen molar-refractivity contribution in [1.82, 2.24) is 0 Å². The molecule has 76 valence electrons. The third-order valence-corrected chi connectivity index (χ3v) is 2.16. The van der Waals surface area contributed by atoms with Crippen LogP contribution in [0.1, 0.15) is 18.1 Å². The highest BCUT2D eigenvalue weighted by Gasteiger charge is 2.19. The molecule has 0 aromatic heterocycles. The standard InChI is InChI=1S/C11H16NO2/c1-3-10-5-7-11(8-6-10)9-12(13,14)4-2/h3,5-8,13-14H,1,4,9H2,2H3/q+1. The predicted molar refractivity (Wildman–Crippen MR) is 54.6 cm³/mol. The molecule has 0 aliphatic heterocycles. The van der Waals surface area contributed by atoms with E-state index in [1.54, 1.807) is 13.0 Å². The minimum atomic E-state index is -0.965. The van der Waals surface area contributed by atoms with Gasteiger partial charge < -0.3 is 0 Å². The summed E-state index contributed by atoms with van der Waals surface area (Å²) in [6.45, 7) is 5.84. The van der Waals surface area contributed by atoms with Crippen molar-refractivity contribution in [3.8, 4) is 0 Å². The number of quaternary nitrogens is 1. The molecule has 0 aliphatic rings. The number of hydrogen-bond acceptors (Lipinski definition) is 2. The average molecular weight is 194 g/mol. The molecule has 1 aromatic carbocycles. The van der Waals surface area contributed by atoms with Gasteiger partial charge in [-0.2, -0.15) is 10.4 Å². The quantitative estimate of drug-likeness (QED) is 0.571. The van der Waals surface area contributed by atoms with Crippen molar-refractivity contribution in [2.75, 3.05) is 6.54 Å². The van der Waals surface area contributed by atoms with Crippen LogP contribution in [0.4, 0.5) is 0 Å². The van der Waals surface area contributed by atoms with E-state index in [0.717, 1.165) is 11.1 Å². The zero-order valence-electron chi connectivity index (χ0n) is 8.35. The molecular formula is C11H16NO2+. The molecule has 0 amide bonds. The van der Waals surface area contributed by atoms with Crippen molar-refractivity contribution in [2.45, 2.75) is 13.5 Å². The van der Waals surface area contributed by atoms with Crippen LogP contribution in [0.2, 0.25) is 0 Å². The van der Waals surface area contributed by atoms with Crippen LogP contribution in [0, 0.1) is 0 Å². The Morgan fingerprint density at radius 2 is 1.86 bits per heavy atom. The fraction of sp³-hybridized carbons (Fsp3) is 0.273. The molecule has 0 aliphatic carbocycles. The van der Waals surface area contributed by atoms with Gasteiger partial charge in [-0.3, -0.25) is 0 Å². The summed E-state index contributed by atoms with van der Waals surface area (Å²) in [6.07, 6.45) is 1.75. The molecule has 1 rings (SSSR count). The minimum absolute atomic E-state index is 0.202. The summed E-state index contributed by atoms with van der Waals surface area (Å²) < 4.78 is 0. The molecule has 1 aromatic rings. The molecule has 0 atom stereocenters. The third-order valence-electron chi connectivity index (χ3n) is 2.16. The Labute approximate surface area is 84.0 Å². The van der Waals surface area contributed by atoms with Crippen molar-refractivity contribution < 1.29 is 15.2 Å². The summed E-state index contributed by atoms with van der Waals surface area (Å²) >= 11 is 0. The van der Waals surface area contributed by atoms with Crippen LogP contribution in [0.5, 0.6) is 0 Å². The van der Waals surface area contributed by atoms with Crippen molar-refractivity contribution in [3.63, 3.8) is 0 Å². The maximum atomic E-state index is 9.38. The second-order valence-electron chi connectivity index (χ2n) is 3.30. The minimum Gasteiger partial charge on any atom is -0.182 e. The molecule has 0 bridgehead atoms. The molecule has 0 spiro atoms. The highest BCUT2D eigenvalue weighted by Crippen LogP contribution is 2.10. The molecule has 0 saturated carbocycles. The molecule has 3 nitrogen and oxygen atoms in total. The smallest absolute Gasteiger partial charge is 0.167 e. The van der Waals surface area contributed by atoms with Crippen LogP contribution in [-0.2, 0) is 6.54 Å². The summed E-state index contributed by atoms with van der Waals surface area (Å²) in [5.41, 5.74) is 1.92. The topological polar surface area (TPSA) is 40.5 Å². The van der Waals surface area contributed by atoms with Crippen LogP contribution in [0.15, 0.2) is 30.8 Å². The second kappa shape index (κ2) is 4.37. The van der Waals surface area contributed by atoms with Gasteiger partial charge in [0.05, 0.1) is 0 Å². The molecular weight excluding hydrogens is 178 g/mol. The number of benzene rings is 1. The lowest BCUT2D eigenvalue weighted by atomic mass is 10.1.